The van der Waals surface area contributed by atoms with Crippen LogP contribution in [-0.4, -0.2) is 40.1 Å². The molecule has 24 heavy (non-hydrogen) atoms. The summed E-state index contributed by atoms with van der Waals surface area (Å²) in [5.41, 5.74) is -0.318. The normalized spacial score (nSPS) is 10.3. The Morgan fingerprint density at radius 3 is 2.54 bits per heavy atom. The van der Waals surface area contributed by atoms with E-state index in [1.807, 2.05) is 0 Å². The minimum Gasteiger partial charge on any atom is -0.462 e. The van der Waals surface area contributed by atoms with Crippen molar-refractivity contribution in [3.8, 4) is 0 Å². The third-order valence-electron chi connectivity index (χ3n) is 2.78. The quantitative estimate of drug-likeness (QED) is 0.752. The van der Waals surface area contributed by atoms with Gasteiger partial charge in [0.2, 0.25) is 5.95 Å². The van der Waals surface area contributed by atoms with Crippen LogP contribution in [0.5, 0.6) is 0 Å². The zero-order valence-corrected chi connectivity index (χ0v) is 14.2. The van der Waals surface area contributed by atoms with Gasteiger partial charge in [-0.05, 0) is 20.8 Å². The van der Waals surface area contributed by atoms with E-state index in [0.717, 1.165) is 17.5 Å². The number of aromatic amines is 1. The maximum atomic E-state index is 11.9. The van der Waals surface area contributed by atoms with Crippen LogP contribution >= 0.6 is 11.3 Å². The molecule has 0 atom stereocenters. The van der Waals surface area contributed by atoms with Crippen LogP contribution in [0.25, 0.3) is 0 Å². The number of aryl methyl sites for hydroxylation is 1. The second-order valence-electron chi connectivity index (χ2n) is 4.47. The third kappa shape index (κ3) is 3.96. The van der Waals surface area contributed by atoms with Crippen molar-refractivity contribution in [1.82, 2.24) is 15.0 Å². The van der Waals surface area contributed by atoms with Gasteiger partial charge in [-0.25, -0.2) is 19.6 Å². The molecular weight excluding hydrogens is 336 g/mol. The lowest BCUT2D eigenvalue weighted by Gasteiger charge is -2.03. The second kappa shape index (κ2) is 7.68. The summed E-state index contributed by atoms with van der Waals surface area (Å²) < 4.78 is 9.69. The summed E-state index contributed by atoms with van der Waals surface area (Å²) in [7, 11) is 0. The van der Waals surface area contributed by atoms with Crippen LogP contribution in [0.3, 0.4) is 0 Å². The predicted octanol–water partition coefficient (Wildman–Crippen LogP) is 1.63. The van der Waals surface area contributed by atoms with Crippen LogP contribution in [-0.2, 0) is 9.47 Å². The number of carbonyl (C=O) groups is 2. The molecule has 0 aliphatic rings. The summed E-state index contributed by atoms with van der Waals surface area (Å²) in [5, 5.41) is 3.15. The van der Waals surface area contributed by atoms with Crippen molar-refractivity contribution < 1.29 is 19.1 Å². The topological polar surface area (TPSA) is 123 Å². The van der Waals surface area contributed by atoms with Crippen molar-refractivity contribution in [3.63, 3.8) is 0 Å². The van der Waals surface area contributed by atoms with Crippen molar-refractivity contribution in [2.75, 3.05) is 18.5 Å². The van der Waals surface area contributed by atoms with E-state index in [-0.39, 0.29) is 24.7 Å². The molecule has 0 aliphatic carbocycles. The molecular formula is C14H16N4O5S. The number of hydrogen-bond acceptors (Lipinski definition) is 9. The highest BCUT2D eigenvalue weighted by Gasteiger charge is 2.17. The fourth-order valence-corrected chi connectivity index (χ4v) is 2.61. The number of esters is 2. The Kier molecular flexibility index (Phi) is 5.64. The number of thiazole rings is 1. The first-order valence-corrected chi connectivity index (χ1v) is 7.95. The fourth-order valence-electron chi connectivity index (χ4n) is 1.75. The van der Waals surface area contributed by atoms with Gasteiger partial charge in [0.05, 0.1) is 25.1 Å². The molecule has 0 saturated carbocycles. The van der Waals surface area contributed by atoms with Gasteiger partial charge in [0.25, 0.3) is 5.56 Å². The van der Waals surface area contributed by atoms with Gasteiger partial charge >= 0.3 is 11.9 Å². The van der Waals surface area contributed by atoms with Crippen molar-refractivity contribution >= 4 is 34.4 Å². The molecule has 2 rings (SSSR count). The number of H-pyrrole nitrogens is 1. The average Bonchev–Trinajstić information content (AvgIpc) is 2.88. The average molecular weight is 352 g/mol. The molecule has 2 aromatic heterocycles. The molecule has 10 heteroatoms. The number of anilines is 2. The highest BCUT2D eigenvalue weighted by atomic mass is 32.1. The number of carbonyl (C=O) groups excluding carboxylic acids is 2. The van der Waals surface area contributed by atoms with Crippen molar-refractivity contribution in [3.05, 3.63) is 32.7 Å². The zero-order chi connectivity index (χ0) is 17.7. The summed E-state index contributed by atoms with van der Waals surface area (Å²) in [6.07, 6.45) is 1.12. The lowest BCUT2D eigenvalue weighted by Crippen LogP contribution is -2.21. The second-order valence-corrected chi connectivity index (χ2v) is 5.47. The Bertz CT molecular complexity index is 814. The van der Waals surface area contributed by atoms with Gasteiger partial charge in [-0.3, -0.25) is 9.78 Å². The largest absolute Gasteiger partial charge is 0.462 e. The van der Waals surface area contributed by atoms with Gasteiger partial charge in [-0.15, -0.1) is 0 Å². The first kappa shape index (κ1) is 17.6. The van der Waals surface area contributed by atoms with E-state index in [9.17, 15) is 14.4 Å². The highest BCUT2D eigenvalue weighted by Crippen LogP contribution is 2.25. The number of nitrogens with one attached hydrogen (secondary N) is 2. The Hall–Kier alpha value is -2.75. The smallest absolute Gasteiger partial charge is 0.350 e. The van der Waals surface area contributed by atoms with Gasteiger partial charge in [0.1, 0.15) is 10.4 Å². The predicted molar refractivity (Wildman–Crippen MR) is 86.9 cm³/mol. The molecule has 0 saturated heterocycles. The van der Waals surface area contributed by atoms with Crippen molar-refractivity contribution in [1.29, 1.82) is 0 Å². The van der Waals surface area contributed by atoms with Gasteiger partial charge in [-0.1, -0.05) is 11.3 Å². The van der Waals surface area contributed by atoms with Gasteiger partial charge in [0.15, 0.2) is 5.13 Å². The lowest BCUT2D eigenvalue weighted by atomic mass is 10.3. The van der Waals surface area contributed by atoms with E-state index in [2.05, 4.69) is 20.3 Å². The molecule has 0 radical (unpaired) electrons. The van der Waals surface area contributed by atoms with Crippen LogP contribution in [0.4, 0.5) is 11.1 Å². The summed E-state index contributed by atoms with van der Waals surface area (Å²) >= 11 is 1.08. The summed E-state index contributed by atoms with van der Waals surface area (Å²) in [6.45, 7) is 5.46. The number of ether oxygens (including phenoxy) is 2. The molecule has 2 N–H and O–H groups in total. The molecule has 0 amide bonds. The van der Waals surface area contributed by atoms with E-state index < -0.39 is 17.5 Å². The molecule has 2 aromatic rings. The standard InChI is InChI=1S/C14H16N4O5S/c1-4-22-11(20)8-6-15-13(17-10(8)19)18-14-16-7(3)9(24-14)12(21)23-5-2/h6H,4-5H2,1-3H3,(H2,15,16,17,18,19). The van der Waals surface area contributed by atoms with Crippen LogP contribution in [0.15, 0.2) is 11.0 Å². The maximum Gasteiger partial charge on any atom is 0.350 e. The minimum atomic E-state index is -0.743. The summed E-state index contributed by atoms with van der Waals surface area (Å²) in [5.74, 6) is -1.11. The molecule has 2 heterocycles. The molecule has 0 fully saturated rings. The zero-order valence-electron chi connectivity index (χ0n) is 13.3. The van der Waals surface area contributed by atoms with Crippen LogP contribution in [0.2, 0.25) is 0 Å². The molecule has 0 unspecified atom stereocenters. The van der Waals surface area contributed by atoms with E-state index in [4.69, 9.17) is 9.47 Å². The molecule has 0 bridgehead atoms. The number of aromatic nitrogens is 3. The molecule has 0 spiro atoms. The molecule has 9 nitrogen and oxygen atoms in total. The number of hydrogen-bond donors (Lipinski definition) is 2. The Labute approximate surface area is 141 Å². The minimum absolute atomic E-state index is 0.0946. The highest BCUT2D eigenvalue weighted by molar-refractivity contribution is 7.17. The Balaban J connectivity index is 2.19. The van der Waals surface area contributed by atoms with E-state index >= 15 is 0 Å². The molecule has 128 valence electrons. The third-order valence-corrected chi connectivity index (χ3v) is 3.83. The van der Waals surface area contributed by atoms with E-state index in [1.54, 1.807) is 20.8 Å². The van der Waals surface area contributed by atoms with Crippen LogP contribution < -0.4 is 10.9 Å². The fraction of sp³-hybridized carbons (Fsp3) is 0.357. The Morgan fingerprint density at radius 1 is 1.25 bits per heavy atom. The molecule has 0 aliphatic heterocycles. The number of nitrogens with zero attached hydrogens (tertiary/aromatic N) is 2. The van der Waals surface area contributed by atoms with Gasteiger partial charge < -0.3 is 14.8 Å². The molecule has 0 aromatic carbocycles. The van der Waals surface area contributed by atoms with Crippen LogP contribution in [0, 0.1) is 6.92 Å². The van der Waals surface area contributed by atoms with Crippen molar-refractivity contribution in [2.24, 2.45) is 0 Å². The number of rotatable bonds is 6. The maximum absolute atomic E-state index is 11.9. The monoisotopic (exact) mass is 352 g/mol. The Morgan fingerprint density at radius 2 is 1.92 bits per heavy atom. The summed E-state index contributed by atoms with van der Waals surface area (Å²) in [6, 6.07) is 0. The van der Waals surface area contributed by atoms with Gasteiger partial charge in [-0.2, -0.15) is 0 Å². The van der Waals surface area contributed by atoms with Crippen molar-refractivity contribution in [2.45, 2.75) is 20.8 Å². The van der Waals surface area contributed by atoms with E-state index in [0.29, 0.717) is 15.7 Å². The lowest BCUT2D eigenvalue weighted by molar-refractivity contribution is 0.0517. The SMILES string of the molecule is CCOC(=O)c1sc(Nc2ncc(C(=O)OCC)c(=O)[nH]2)nc1C. The van der Waals surface area contributed by atoms with Gasteiger partial charge in [0, 0.05) is 0 Å². The van der Waals surface area contributed by atoms with E-state index in [1.165, 1.54) is 0 Å². The van der Waals surface area contributed by atoms with Crippen LogP contribution in [0.1, 0.15) is 39.6 Å². The summed E-state index contributed by atoms with van der Waals surface area (Å²) in [4.78, 5) is 46.1. The first-order valence-electron chi connectivity index (χ1n) is 7.14. The first-order chi connectivity index (χ1) is 11.5.